The van der Waals surface area contributed by atoms with Crippen LogP contribution >= 0.6 is 0 Å². The molecule has 1 atom stereocenters. The molecule has 2 aromatic rings. The van der Waals surface area contributed by atoms with Crippen molar-refractivity contribution in [3.63, 3.8) is 0 Å². The van der Waals surface area contributed by atoms with E-state index < -0.39 is 39.6 Å². The first kappa shape index (κ1) is 25.1. The van der Waals surface area contributed by atoms with E-state index >= 15 is 0 Å². The van der Waals surface area contributed by atoms with Gasteiger partial charge in [0.25, 0.3) is 5.60 Å². The van der Waals surface area contributed by atoms with Crippen LogP contribution in [0, 0.1) is 0 Å². The van der Waals surface area contributed by atoms with E-state index in [1.807, 2.05) is 0 Å². The van der Waals surface area contributed by atoms with Gasteiger partial charge in [0.05, 0.1) is 5.69 Å². The minimum atomic E-state index is -5.97. The second kappa shape index (κ2) is 8.37. The van der Waals surface area contributed by atoms with Crippen LogP contribution < -0.4 is 10.6 Å². The van der Waals surface area contributed by atoms with Crippen molar-refractivity contribution in [1.82, 2.24) is 4.31 Å². The van der Waals surface area contributed by atoms with Gasteiger partial charge in [0.1, 0.15) is 4.90 Å². The molecule has 0 amide bonds. The van der Waals surface area contributed by atoms with Crippen LogP contribution in [0.25, 0.3) is 0 Å². The van der Waals surface area contributed by atoms with Gasteiger partial charge in [-0.3, -0.25) is 0 Å². The standard InChI is InChI=1S/C20H21F6N3O3S/c1-13-12-28(33(31,32)17-5-3-2-4-16(17)27)10-11-29(13)15-8-6-14(7-9-15)18(30,19(21,22)23)20(24,25)26/h2-9,13,30H,10-12,27H2,1H3/t13-/m0/s1. The Morgan fingerprint density at radius 1 is 0.939 bits per heavy atom. The van der Waals surface area contributed by atoms with Crippen LogP contribution in [0.15, 0.2) is 53.4 Å². The number of hydrogen-bond donors (Lipinski definition) is 2. The first-order valence-electron chi connectivity index (χ1n) is 9.68. The molecule has 0 unspecified atom stereocenters. The van der Waals surface area contributed by atoms with E-state index in [0.717, 1.165) is 12.1 Å². The molecule has 0 aliphatic carbocycles. The Labute approximate surface area is 186 Å². The average Bonchev–Trinajstić information content (AvgIpc) is 2.72. The van der Waals surface area contributed by atoms with Gasteiger partial charge in [-0.2, -0.15) is 30.6 Å². The number of aliphatic hydroxyl groups is 1. The summed E-state index contributed by atoms with van der Waals surface area (Å²) in [4.78, 5) is 1.61. The maximum absolute atomic E-state index is 13.1. The van der Waals surface area contributed by atoms with Crippen molar-refractivity contribution in [2.24, 2.45) is 0 Å². The number of benzene rings is 2. The lowest BCUT2D eigenvalue weighted by atomic mass is 9.92. The summed E-state index contributed by atoms with van der Waals surface area (Å²) in [6, 6.07) is 8.72. The van der Waals surface area contributed by atoms with Gasteiger partial charge in [-0.25, -0.2) is 8.42 Å². The largest absolute Gasteiger partial charge is 0.430 e. The minimum Gasteiger partial charge on any atom is -0.398 e. The number of piperazine rings is 1. The fraction of sp³-hybridized carbons (Fsp3) is 0.400. The molecule has 0 spiro atoms. The summed E-state index contributed by atoms with van der Waals surface area (Å²) >= 11 is 0. The van der Waals surface area contributed by atoms with Crippen molar-refractivity contribution in [1.29, 1.82) is 0 Å². The molecule has 0 bridgehead atoms. The summed E-state index contributed by atoms with van der Waals surface area (Å²) in [7, 11) is -3.89. The molecule has 0 aromatic heterocycles. The normalized spacial score (nSPS) is 19.0. The summed E-state index contributed by atoms with van der Waals surface area (Å²) in [6.45, 7) is 1.85. The number of rotatable bonds is 4. The molecule has 1 heterocycles. The van der Waals surface area contributed by atoms with Crippen molar-refractivity contribution in [2.75, 3.05) is 30.3 Å². The summed E-state index contributed by atoms with van der Waals surface area (Å²) < 4.78 is 106. The fourth-order valence-corrected chi connectivity index (χ4v) is 5.39. The number of alkyl halides is 6. The average molecular weight is 497 g/mol. The highest BCUT2D eigenvalue weighted by molar-refractivity contribution is 7.89. The maximum Gasteiger partial charge on any atom is 0.430 e. The molecule has 13 heteroatoms. The Kier molecular flexibility index (Phi) is 6.37. The van der Waals surface area contributed by atoms with Crippen molar-refractivity contribution in [3.8, 4) is 0 Å². The van der Waals surface area contributed by atoms with Crippen molar-refractivity contribution in [2.45, 2.75) is 35.8 Å². The summed E-state index contributed by atoms with van der Waals surface area (Å²) in [5, 5.41) is 9.52. The topological polar surface area (TPSA) is 86.9 Å². The van der Waals surface area contributed by atoms with Crippen molar-refractivity contribution < 1.29 is 39.9 Å². The number of halogens is 6. The highest BCUT2D eigenvalue weighted by atomic mass is 32.2. The molecule has 33 heavy (non-hydrogen) atoms. The second-order valence-corrected chi connectivity index (χ2v) is 9.60. The lowest BCUT2D eigenvalue weighted by Crippen LogP contribution is -2.54. The molecule has 0 saturated carbocycles. The molecule has 1 aliphatic heterocycles. The zero-order valence-electron chi connectivity index (χ0n) is 17.2. The monoisotopic (exact) mass is 497 g/mol. The zero-order valence-corrected chi connectivity index (χ0v) is 18.0. The summed E-state index contributed by atoms with van der Waals surface area (Å²) in [5.74, 6) is 0. The Bertz CT molecular complexity index is 1090. The molecule has 1 saturated heterocycles. The highest BCUT2D eigenvalue weighted by Crippen LogP contribution is 2.50. The van der Waals surface area contributed by atoms with Crippen LogP contribution in [-0.2, 0) is 15.6 Å². The van der Waals surface area contributed by atoms with E-state index in [4.69, 9.17) is 5.73 Å². The number of nitrogens with zero attached hydrogens (tertiary/aromatic N) is 2. The van der Waals surface area contributed by atoms with Crippen LogP contribution in [0.3, 0.4) is 0 Å². The fourth-order valence-electron chi connectivity index (χ4n) is 3.76. The zero-order chi connectivity index (χ0) is 24.8. The third-order valence-corrected chi connectivity index (χ3v) is 7.50. The minimum absolute atomic E-state index is 0.0213. The maximum atomic E-state index is 13.1. The van der Waals surface area contributed by atoms with Crippen LogP contribution in [-0.4, -0.2) is 55.9 Å². The Morgan fingerprint density at radius 3 is 1.97 bits per heavy atom. The van der Waals surface area contributed by atoms with Crippen LogP contribution in [0.2, 0.25) is 0 Å². The van der Waals surface area contributed by atoms with Crippen molar-refractivity contribution in [3.05, 3.63) is 54.1 Å². The number of anilines is 2. The molecule has 2 aromatic carbocycles. The highest BCUT2D eigenvalue weighted by Gasteiger charge is 2.71. The molecule has 1 fully saturated rings. The van der Waals surface area contributed by atoms with Gasteiger partial charge in [-0.15, -0.1) is 0 Å². The van der Waals surface area contributed by atoms with E-state index in [9.17, 15) is 39.9 Å². The molecule has 1 aliphatic rings. The van der Waals surface area contributed by atoms with E-state index in [2.05, 4.69) is 0 Å². The molecular formula is C20H21F6N3O3S. The molecular weight excluding hydrogens is 476 g/mol. The van der Waals surface area contributed by atoms with E-state index in [1.165, 1.54) is 22.5 Å². The van der Waals surface area contributed by atoms with Gasteiger partial charge in [0.2, 0.25) is 10.0 Å². The smallest absolute Gasteiger partial charge is 0.398 e. The van der Waals surface area contributed by atoms with E-state index in [-0.39, 0.29) is 35.9 Å². The number of para-hydroxylation sites is 1. The van der Waals surface area contributed by atoms with Crippen LogP contribution in [0.1, 0.15) is 12.5 Å². The third kappa shape index (κ3) is 4.36. The molecule has 182 valence electrons. The second-order valence-electron chi connectivity index (χ2n) is 7.70. The van der Waals surface area contributed by atoms with Crippen LogP contribution in [0.4, 0.5) is 37.7 Å². The molecule has 0 radical (unpaired) electrons. The Morgan fingerprint density at radius 2 is 1.48 bits per heavy atom. The summed E-state index contributed by atoms with van der Waals surface area (Å²) in [5.41, 5.74) is -0.215. The van der Waals surface area contributed by atoms with Crippen LogP contribution in [0.5, 0.6) is 0 Å². The van der Waals surface area contributed by atoms with Crippen molar-refractivity contribution >= 4 is 21.4 Å². The van der Waals surface area contributed by atoms with Gasteiger partial charge in [0.15, 0.2) is 0 Å². The Hall–Kier alpha value is -2.51. The molecule has 3 N–H and O–H groups in total. The lowest BCUT2D eigenvalue weighted by molar-refractivity contribution is -0.376. The SMILES string of the molecule is C[C@H]1CN(S(=O)(=O)c2ccccc2N)CCN1c1ccc(C(O)(C(F)(F)F)C(F)(F)F)cc1. The molecule has 6 nitrogen and oxygen atoms in total. The third-order valence-electron chi connectivity index (χ3n) is 5.56. The predicted octanol–water partition coefficient (Wildman–Crippen LogP) is 3.48. The quantitative estimate of drug-likeness (QED) is 0.499. The molecule has 3 rings (SSSR count). The predicted molar refractivity (Wildman–Crippen MR) is 109 cm³/mol. The van der Waals surface area contributed by atoms with E-state index in [1.54, 1.807) is 17.9 Å². The van der Waals surface area contributed by atoms with Gasteiger partial charge >= 0.3 is 12.4 Å². The Balaban J connectivity index is 1.82. The lowest BCUT2D eigenvalue weighted by Gasteiger charge is -2.41. The summed E-state index contributed by atoms with van der Waals surface area (Å²) in [6.07, 6.45) is -11.9. The number of nitrogen functional groups attached to an aromatic ring is 1. The number of hydrogen-bond acceptors (Lipinski definition) is 5. The van der Waals surface area contributed by atoms with Gasteiger partial charge in [-0.05, 0) is 31.2 Å². The number of nitrogens with two attached hydrogens (primary N) is 1. The van der Waals surface area contributed by atoms with Gasteiger partial charge in [-0.1, -0.05) is 24.3 Å². The first-order chi connectivity index (χ1) is 15.1. The number of sulfonamides is 1. The van der Waals surface area contributed by atoms with E-state index in [0.29, 0.717) is 12.1 Å². The first-order valence-corrected chi connectivity index (χ1v) is 11.1. The van der Waals surface area contributed by atoms with Gasteiger partial charge in [0, 0.05) is 36.9 Å². The van der Waals surface area contributed by atoms with Gasteiger partial charge < -0.3 is 15.7 Å².